The molecule has 0 aliphatic heterocycles. The minimum atomic E-state index is -0.380. The summed E-state index contributed by atoms with van der Waals surface area (Å²) in [6.45, 7) is 0. The van der Waals surface area contributed by atoms with E-state index in [4.69, 9.17) is 0 Å². The molecule has 1 aromatic heterocycles. The van der Waals surface area contributed by atoms with Crippen molar-refractivity contribution in [3.63, 3.8) is 0 Å². The Bertz CT molecular complexity index is 975. The number of aromatic nitrogens is 2. The SMILES string of the molecule is O=C(CSc1nccn(-c2ccc(F)cc2)c1=O)Nc1ccc(Br)cc1. The molecule has 3 rings (SSSR count). The zero-order valence-corrected chi connectivity index (χ0v) is 15.8. The molecule has 3 aromatic rings. The third kappa shape index (κ3) is 4.59. The number of anilines is 1. The van der Waals surface area contributed by atoms with Gasteiger partial charge < -0.3 is 5.32 Å². The molecule has 0 bridgehead atoms. The van der Waals surface area contributed by atoms with Crippen LogP contribution in [0.15, 0.2) is 75.2 Å². The van der Waals surface area contributed by atoms with Crippen molar-refractivity contribution in [1.82, 2.24) is 9.55 Å². The van der Waals surface area contributed by atoms with Crippen LogP contribution in [0.2, 0.25) is 0 Å². The fraction of sp³-hybridized carbons (Fsp3) is 0.0556. The van der Waals surface area contributed by atoms with Gasteiger partial charge in [0.2, 0.25) is 5.91 Å². The summed E-state index contributed by atoms with van der Waals surface area (Å²) in [6.07, 6.45) is 2.97. The van der Waals surface area contributed by atoms with Crippen LogP contribution in [-0.2, 0) is 4.79 Å². The number of thioether (sulfide) groups is 1. The van der Waals surface area contributed by atoms with Crippen molar-refractivity contribution in [2.75, 3.05) is 11.1 Å². The molecule has 132 valence electrons. The number of hydrogen-bond donors (Lipinski definition) is 1. The summed E-state index contributed by atoms with van der Waals surface area (Å²) in [7, 11) is 0. The zero-order valence-electron chi connectivity index (χ0n) is 13.4. The third-order valence-electron chi connectivity index (χ3n) is 3.38. The van der Waals surface area contributed by atoms with E-state index in [2.05, 4.69) is 26.2 Å². The lowest BCUT2D eigenvalue weighted by Gasteiger charge is -2.08. The number of nitrogens with zero attached hydrogens (tertiary/aromatic N) is 2. The average molecular weight is 434 g/mol. The lowest BCUT2D eigenvalue weighted by molar-refractivity contribution is -0.113. The number of benzene rings is 2. The first-order valence-electron chi connectivity index (χ1n) is 7.55. The van der Waals surface area contributed by atoms with Gasteiger partial charge in [-0.05, 0) is 48.5 Å². The number of hydrogen-bond acceptors (Lipinski definition) is 4. The van der Waals surface area contributed by atoms with E-state index in [-0.39, 0.29) is 28.1 Å². The third-order valence-corrected chi connectivity index (χ3v) is 4.87. The molecule has 5 nitrogen and oxygen atoms in total. The Morgan fingerprint density at radius 2 is 1.85 bits per heavy atom. The Labute approximate surface area is 161 Å². The molecule has 0 unspecified atom stereocenters. The molecule has 0 atom stereocenters. The minimum Gasteiger partial charge on any atom is -0.325 e. The Kier molecular flexibility index (Phi) is 5.85. The second-order valence-electron chi connectivity index (χ2n) is 5.23. The van der Waals surface area contributed by atoms with E-state index in [0.29, 0.717) is 11.4 Å². The lowest BCUT2D eigenvalue weighted by Crippen LogP contribution is -2.22. The molecule has 0 fully saturated rings. The molecule has 8 heteroatoms. The number of carbonyl (C=O) groups excluding carboxylic acids is 1. The van der Waals surface area contributed by atoms with Gasteiger partial charge in [-0.15, -0.1) is 0 Å². The van der Waals surface area contributed by atoms with Gasteiger partial charge in [-0.25, -0.2) is 9.37 Å². The zero-order chi connectivity index (χ0) is 18.5. The van der Waals surface area contributed by atoms with Gasteiger partial charge in [-0.1, -0.05) is 27.7 Å². The normalized spacial score (nSPS) is 10.5. The molecule has 0 saturated carbocycles. The monoisotopic (exact) mass is 433 g/mol. The van der Waals surface area contributed by atoms with Crippen LogP contribution < -0.4 is 10.9 Å². The molecule has 26 heavy (non-hydrogen) atoms. The first-order valence-corrected chi connectivity index (χ1v) is 9.32. The molecule has 0 saturated heterocycles. The van der Waals surface area contributed by atoms with Crippen LogP contribution in [0, 0.1) is 5.82 Å². The van der Waals surface area contributed by atoms with E-state index in [0.717, 1.165) is 16.2 Å². The van der Waals surface area contributed by atoms with Crippen molar-refractivity contribution in [2.45, 2.75) is 5.03 Å². The number of nitrogens with one attached hydrogen (secondary N) is 1. The van der Waals surface area contributed by atoms with Crippen molar-refractivity contribution in [1.29, 1.82) is 0 Å². The van der Waals surface area contributed by atoms with E-state index in [1.165, 1.54) is 41.2 Å². The quantitative estimate of drug-likeness (QED) is 0.620. The van der Waals surface area contributed by atoms with E-state index >= 15 is 0 Å². The number of halogens is 2. The highest BCUT2D eigenvalue weighted by molar-refractivity contribution is 9.10. The summed E-state index contributed by atoms with van der Waals surface area (Å²) in [5.74, 6) is -0.572. The van der Waals surface area contributed by atoms with Crippen LogP contribution in [-0.4, -0.2) is 21.2 Å². The van der Waals surface area contributed by atoms with Gasteiger partial charge in [0.1, 0.15) is 5.82 Å². The first-order chi connectivity index (χ1) is 12.5. The average Bonchev–Trinajstić information content (AvgIpc) is 2.64. The molecule has 1 amide bonds. The summed E-state index contributed by atoms with van der Waals surface area (Å²) in [5.41, 5.74) is 0.837. The van der Waals surface area contributed by atoms with Gasteiger partial charge in [-0.3, -0.25) is 14.2 Å². The van der Waals surface area contributed by atoms with Crippen molar-refractivity contribution in [2.24, 2.45) is 0 Å². The van der Waals surface area contributed by atoms with Crippen molar-refractivity contribution < 1.29 is 9.18 Å². The second-order valence-corrected chi connectivity index (χ2v) is 7.11. The largest absolute Gasteiger partial charge is 0.325 e. The molecule has 0 spiro atoms. The summed E-state index contributed by atoms with van der Waals surface area (Å²) < 4.78 is 15.3. The van der Waals surface area contributed by atoms with E-state index in [1.807, 2.05) is 12.1 Å². The summed E-state index contributed by atoms with van der Waals surface area (Å²) >= 11 is 4.38. The summed E-state index contributed by atoms with van der Waals surface area (Å²) in [6, 6.07) is 12.8. The molecular weight excluding hydrogens is 421 g/mol. The molecule has 1 N–H and O–H groups in total. The Morgan fingerprint density at radius 1 is 1.15 bits per heavy atom. The minimum absolute atomic E-state index is 0.0474. The molecule has 0 aliphatic rings. The standard InChI is InChI=1S/C18H13BrFN3O2S/c19-12-1-5-14(6-2-12)22-16(24)11-26-17-18(25)23(10-9-21-17)15-7-3-13(20)4-8-15/h1-10H,11H2,(H,22,24). The highest BCUT2D eigenvalue weighted by atomic mass is 79.9. The number of amides is 1. The maximum Gasteiger partial charge on any atom is 0.287 e. The predicted molar refractivity (Wildman–Crippen MR) is 103 cm³/mol. The molecule has 0 aliphatic carbocycles. The van der Waals surface area contributed by atoms with Gasteiger partial charge in [0.05, 0.1) is 5.75 Å². The Balaban J connectivity index is 1.69. The highest BCUT2D eigenvalue weighted by Crippen LogP contribution is 2.16. The van der Waals surface area contributed by atoms with Crippen LogP contribution in [0.3, 0.4) is 0 Å². The van der Waals surface area contributed by atoms with Crippen LogP contribution in [0.1, 0.15) is 0 Å². The lowest BCUT2D eigenvalue weighted by atomic mass is 10.3. The van der Waals surface area contributed by atoms with Crippen molar-refractivity contribution >= 4 is 39.3 Å². The van der Waals surface area contributed by atoms with Gasteiger partial charge in [0.25, 0.3) is 5.56 Å². The molecule has 0 radical (unpaired) electrons. The number of carbonyl (C=O) groups is 1. The maximum absolute atomic E-state index is 13.0. The van der Waals surface area contributed by atoms with E-state index in [1.54, 1.807) is 12.1 Å². The van der Waals surface area contributed by atoms with E-state index < -0.39 is 0 Å². The molecular formula is C18H13BrFN3O2S. The topological polar surface area (TPSA) is 64.0 Å². The number of rotatable bonds is 5. The van der Waals surface area contributed by atoms with Crippen LogP contribution in [0.5, 0.6) is 0 Å². The van der Waals surface area contributed by atoms with Crippen molar-refractivity contribution in [3.05, 3.63) is 81.6 Å². The van der Waals surface area contributed by atoms with E-state index in [9.17, 15) is 14.0 Å². The second kappa shape index (κ2) is 8.29. The van der Waals surface area contributed by atoms with Gasteiger partial charge >= 0.3 is 0 Å². The molecule has 2 aromatic carbocycles. The van der Waals surface area contributed by atoms with Gasteiger partial charge in [0, 0.05) is 28.2 Å². The summed E-state index contributed by atoms with van der Waals surface area (Å²) in [4.78, 5) is 28.6. The van der Waals surface area contributed by atoms with Crippen molar-refractivity contribution in [3.8, 4) is 5.69 Å². The van der Waals surface area contributed by atoms with Gasteiger partial charge in [-0.2, -0.15) is 0 Å². The van der Waals surface area contributed by atoms with Crippen LogP contribution >= 0.6 is 27.7 Å². The van der Waals surface area contributed by atoms with Gasteiger partial charge in [0.15, 0.2) is 5.03 Å². The fourth-order valence-electron chi connectivity index (χ4n) is 2.16. The summed E-state index contributed by atoms with van der Waals surface area (Å²) in [5, 5.41) is 2.95. The predicted octanol–water partition coefficient (Wildman–Crippen LogP) is 3.86. The van der Waals surface area contributed by atoms with Crippen LogP contribution in [0.25, 0.3) is 5.69 Å². The first kappa shape index (κ1) is 18.3. The smallest absolute Gasteiger partial charge is 0.287 e. The molecule has 1 heterocycles. The fourth-order valence-corrected chi connectivity index (χ4v) is 3.12. The Morgan fingerprint density at radius 3 is 2.54 bits per heavy atom. The Hall–Kier alpha value is -2.45. The highest BCUT2D eigenvalue weighted by Gasteiger charge is 2.10. The van der Waals surface area contributed by atoms with Crippen LogP contribution in [0.4, 0.5) is 10.1 Å². The maximum atomic E-state index is 13.0.